The first kappa shape index (κ1) is 24.2. The molecular formula is C21H11Cl6N4O2-. The Balaban J connectivity index is 1.79. The number of anilines is 1. The molecule has 1 amide bonds. The van der Waals surface area contributed by atoms with E-state index in [1.54, 1.807) is 13.8 Å². The maximum Gasteiger partial charge on any atom is 0.280 e. The number of carbonyl (C=O) groups is 1. The number of hydrogen-bond acceptors (Lipinski definition) is 4. The van der Waals surface area contributed by atoms with Crippen LogP contribution in [0.5, 0.6) is 5.88 Å². The zero-order valence-corrected chi connectivity index (χ0v) is 21.3. The number of aryl methyl sites for hydroxylation is 1. The normalized spacial score (nSPS) is 15.0. The molecule has 0 N–H and O–H groups in total. The number of aromatic nitrogens is 2. The summed E-state index contributed by atoms with van der Waals surface area (Å²) >= 11 is 36.9. The predicted molar refractivity (Wildman–Crippen MR) is 133 cm³/mol. The summed E-state index contributed by atoms with van der Waals surface area (Å²) < 4.78 is 1.07. The van der Waals surface area contributed by atoms with Gasteiger partial charge in [-0.3, -0.25) is 4.79 Å². The van der Waals surface area contributed by atoms with E-state index in [1.165, 1.54) is 30.3 Å². The van der Waals surface area contributed by atoms with Gasteiger partial charge in [0.15, 0.2) is 0 Å². The van der Waals surface area contributed by atoms with Crippen LogP contribution in [0.4, 0.5) is 5.69 Å². The van der Waals surface area contributed by atoms with Crippen molar-refractivity contribution in [3.63, 3.8) is 0 Å². The van der Waals surface area contributed by atoms with Gasteiger partial charge < -0.3 is 5.11 Å². The van der Waals surface area contributed by atoms with Crippen molar-refractivity contribution in [2.45, 2.75) is 13.8 Å². The molecule has 3 aromatic rings. The third-order valence-corrected chi connectivity index (χ3v) is 6.39. The van der Waals surface area contributed by atoms with E-state index >= 15 is 0 Å². The summed E-state index contributed by atoms with van der Waals surface area (Å²) in [4.78, 5) is 13.2. The van der Waals surface area contributed by atoms with Gasteiger partial charge in [0.2, 0.25) is 0 Å². The molecule has 0 aliphatic carbocycles. The molecule has 0 saturated carbocycles. The van der Waals surface area contributed by atoms with E-state index in [0.717, 1.165) is 9.69 Å². The summed E-state index contributed by atoms with van der Waals surface area (Å²) in [6.07, 6.45) is 1.41. The molecule has 6 nitrogen and oxygen atoms in total. The highest BCUT2D eigenvalue weighted by Gasteiger charge is 2.32. The van der Waals surface area contributed by atoms with E-state index in [-0.39, 0.29) is 42.6 Å². The Kier molecular flexibility index (Phi) is 6.62. The van der Waals surface area contributed by atoms with Crippen LogP contribution >= 0.6 is 69.6 Å². The van der Waals surface area contributed by atoms with Crippen molar-refractivity contribution in [3.8, 4) is 11.6 Å². The molecular weight excluding hydrogens is 553 g/mol. The van der Waals surface area contributed by atoms with Crippen molar-refractivity contribution in [1.29, 1.82) is 0 Å². The minimum atomic E-state index is -0.521. The summed E-state index contributed by atoms with van der Waals surface area (Å²) in [5.74, 6) is -1.04. The molecule has 33 heavy (non-hydrogen) atoms. The first-order valence-electron chi connectivity index (χ1n) is 9.17. The highest BCUT2D eigenvalue weighted by Crippen LogP contribution is 2.40. The van der Waals surface area contributed by atoms with Crippen LogP contribution in [0.3, 0.4) is 0 Å². The maximum atomic E-state index is 13.2. The van der Waals surface area contributed by atoms with Crippen molar-refractivity contribution >= 4 is 93.0 Å². The molecule has 0 bridgehead atoms. The van der Waals surface area contributed by atoms with E-state index < -0.39 is 11.8 Å². The van der Waals surface area contributed by atoms with Crippen LogP contribution in [-0.2, 0) is 4.79 Å². The van der Waals surface area contributed by atoms with Gasteiger partial charge in [0.25, 0.3) is 5.91 Å². The zero-order valence-electron chi connectivity index (χ0n) is 16.8. The van der Waals surface area contributed by atoms with Crippen LogP contribution in [0.1, 0.15) is 18.2 Å². The molecule has 1 aliphatic heterocycles. The summed E-state index contributed by atoms with van der Waals surface area (Å²) in [6, 6.07) is 5.81. The van der Waals surface area contributed by atoms with E-state index in [0.29, 0.717) is 21.5 Å². The van der Waals surface area contributed by atoms with E-state index in [2.05, 4.69) is 10.2 Å². The standard InChI is InChI=1S/C21H12Cl6N4O2/c1-8-12(20(32)30(28-8)18-14(24)3-10(22)4-15(18)25)7-13-9(2)29-31(21(13)33)19-16(26)5-11(23)6-17(19)27/h3-7,32H,1-2H3/p-1/b13-7-. The number of hydrazone groups is 1. The zero-order chi connectivity index (χ0) is 24.2. The molecule has 0 spiro atoms. The number of hydrogen-bond donors (Lipinski definition) is 0. The lowest BCUT2D eigenvalue weighted by atomic mass is 10.1. The lowest BCUT2D eigenvalue weighted by Gasteiger charge is -2.16. The van der Waals surface area contributed by atoms with Gasteiger partial charge in [-0.2, -0.15) is 15.2 Å². The molecule has 12 heteroatoms. The second-order valence-corrected chi connectivity index (χ2v) is 9.51. The predicted octanol–water partition coefficient (Wildman–Crippen LogP) is 6.98. The van der Waals surface area contributed by atoms with Crippen molar-refractivity contribution in [3.05, 3.63) is 71.2 Å². The van der Waals surface area contributed by atoms with Crippen molar-refractivity contribution < 1.29 is 9.90 Å². The van der Waals surface area contributed by atoms with Crippen LogP contribution < -0.4 is 10.1 Å². The molecule has 0 atom stereocenters. The molecule has 0 fully saturated rings. The van der Waals surface area contributed by atoms with Gasteiger partial charge in [-0.15, -0.1) is 0 Å². The number of amides is 1. The number of halogens is 6. The fraction of sp³-hybridized carbons (Fsp3) is 0.0952. The molecule has 4 rings (SSSR count). The molecule has 2 heterocycles. The molecule has 0 saturated heterocycles. The second kappa shape index (κ2) is 9.02. The first-order chi connectivity index (χ1) is 15.5. The summed E-state index contributed by atoms with van der Waals surface area (Å²) in [6.45, 7) is 3.25. The minimum Gasteiger partial charge on any atom is -0.858 e. The Labute approximate surface area is 218 Å². The second-order valence-electron chi connectivity index (χ2n) is 7.01. The third-order valence-electron chi connectivity index (χ3n) is 4.80. The van der Waals surface area contributed by atoms with Crippen LogP contribution in [0.15, 0.2) is 34.9 Å². The molecule has 0 radical (unpaired) electrons. The Morgan fingerprint density at radius 2 is 1.33 bits per heavy atom. The lowest BCUT2D eigenvalue weighted by molar-refractivity contribution is -0.278. The van der Waals surface area contributed by atoms with Gasteiger partial charge in [-0.05, 0) is 50.1 Å². The van der Waals surface area contributed by atoms with Gasteiger partial charge in [-0.1, -0.05) is 69.6 Å². The third kappa shape index (κ3) is 4.32. The minimum absolute atomic E-state index is 0.152. The van der Waals surface area contributed by atoms with Crippen LogP contribution in [0.2, 0.25) is 30.1 Å². The van der Waals surface area contributed by atoms with E-state index in [9.17, 15) is 9.90 Å². The number of carbonyl (C=O) groups excluding carboxylic acids is 1. The number of rotatable bonds is 3. The molecule has 1 aromatic heterocycles. The monoisotopic (exact) mass is 561 g/mol. The molecule has 2 aromatic carbocycles. The maximum absolute atomic E-state index is 13.2. The van der Waals surface area contributed by atoms with Gasteiger partial charge in [0, 0.05) is 15.6 Å². The Morgan fingerprint density at radius 1 is 0.848 bits per heavy atom. The first-order valence-corrected chi connectivity index (χ1v) is 11.4. The van der Waals surface area contributed by atoms with Crippen molar-refractivity contribution in [2.75, 3.05) is 5.01 Å². The van der Waals surface area contributed by atoms with Gasteiger partial charge in [-0.25, -0.2) is 4.68 Å². The Morgan fingerprint density at radius 3 is 1.85 bits per heavy atom. The highest BCUT2D eigenvalue weighted by atomic mass is 35.5. The Hall–Kier alpha value is -1.93. The smallest absolute Gasteiger partial charge is 0.280 e. The molecule has 0 unspecified atom stereocenters. The van der Waals surface area contributed by atoms with Gasteiger partial charge >= 0.3 is 0 Å². The van der Waals surface area contributed by atoms with Gasteiger partial charge in [0.1, 0.15) is 11.4 Å². The SMILES string of the molecule is CC1=NN(c2c(Cl)cc(Cl)cc2Cl)C(=O)/C1=C\c1c(C)nn(-c2c(Cl)cc(Cl)cc2Cl)c1[O-]. The lowest BCUT2D eigenvalue weighted by Crippen LogP contribution is -2.22. The summed E-state index contributed by atoms with van der Waals surface area (Å²) in [5, 5.41) is 24.0. The topological polar surface area (TPSA) is 73.5 Å². The Bertz CT molecular complexity index is 1350. The molecule has 1 aliphatic rings. The van der Waals surface area contributed by atoms with Gasteiger partial charge in [0.05, 0.1) is 37.1 Å². The quantitative estimate of drug-likeness (QED) is 0.323. The number of benzene rings is 2. The highest BCUT2D eigenvalue weighted by molar-refractivity contribution is 6.44. The molecule has 170 valence electrons. The van der Waals surface area contributed by atoms with Crippen LogP contribution in [0, 0.1) is 6.92 Å². The fourth-order valence-corrected chi connectivity index (χ4v) is 5.24. The van der Waals surface area contributed by atoms with Crippen LogP contribution in [0.25, 0.3) is 11.8 Å². The van der Waals surface area contributed by atoms with E-state index in [4.69, 9.17) is 69.6 Å². The van der Waals surface area contributed by atoms with Crippen LogP contribution in [-0.4, -0.2) is 21.4 Å². The average Bonchev–Trinajstić information content (AvgIpc) is 3.11. The summed E-state index contributed by atoms with van der Waals surface area (Å²) in [5.41, 5.74) is 1.43. The van der Waals surface area contributed by atoms with Crippen molar-refractivity contribution in [2.24, 2.45) is 5.10 Å². The number of nitrogens with zero attached hydrogens (tertiary/aromatic N) is 4. The largest absolute Gasteiger partial charge is 0.858 e. The summed E-state index contributed by atoms with van der Waals surface area (Å²) in [7, 11) is 0. The fourth-order valence-electron chi connectivity index (χ4n) is 3.29. The van der Waals surface area contributed by atoms with Crippen molar-refractivity contribution in [1.82, 2.24) is 9.78 Å². The average molecular weight is 564 g/mol. The van der Waals surface area contributed by atoms with E-state index in [1.807, 2.05) is 0 Å².